The molecule has 0 spiro atoms. The third-order valence-corrected chi connectivity index (χ3v) is 2.99. The Balaban J connectivity index is 2.29. The first-order valence-electron chi connectivity index (χ1n) is 5.48. The molecule has 0 radical (unpaired) electrons. The first-order chi connectivity index (χ1) is 8.11. The van der Waals surface area contributed by atoms with Crippen LogP contribution in [0.25, 0.3) is 11.0 Å². The van der Waals surface area contributed by atoms with Gasteiger partial charge >= 0.3 is 0 Å². The van der Waals surface area contributed by atoms with Crippen LogP contribution < -0.4 is 0 Å². The van der Waals surface area contributed by atoms with Crippen LogP contribution >= 0.6 is 11.6 Å². The molecule has 0 bridgehead atoms. The number of hydrogen-bond acceptors (Lipinski definition) is 3. The van der Waals surface area contributed by atoms with Gasteiger partial charge in [-0.05, 0) is 24.3 Å². The molecule has 0 aliphatic rings. The third-order valence-electron chi connectivity index (χ3n) is 2.76. The van der Waals surface area contributed by atoms with Crippen molar-refractivity contribution in [2.24, 2.45) is 5.92 Å². The molecule has 1 aromatic carbocycles. The highest BCUT2D eigenvalue weighted by Gasteiger charge is 2.20. The van der Waals surface area contributed by atoms with Gasteiger partial charge in [-0.25, -0.2) is 0 Å². The van der Waals surface area contributed by atoms with Crippen LogP contribution in [0.15, 0.2) is 28.7 Å². The predicted octanol–water partition coefficient (Wildman–Crippen LogP) is 3.40. The molecule has 0 aliphatic heterocycles. The van der Waals surface area contributed by atoms with E-state index < -0.39 is 6.10 Å². The van der Waals surface area contributed by atoms with Crippen molar-refractivity contribution >= 4 is 22.6 Å². The number of halogens is 1. The molecule has 2 atom stereocenters. The molecule has 2 aromatic rings. The van der Waals surface area contributed by atoms with Gasteiger partial charge in [-0.15, -0.1) is 0 Å². The van der Waals surface area contributed by atoms with Crippen molar-refractivity contribution in [3.63, 3.8) is 0 Å². The molecule has 17 heavy (non-hydrogen) atoms. The second kappa shape index (κ2) is 5.08. The summed E-state index contributed by atoms with van der Waals surface area (Å²) in [4.78, 5) is 0. The fourth-order valence-corrected chi connectivity index (χ4v) is 2.00. The maximum atomic E-state index is 10.1. The van der Waals surface area contributed by atoms with Gasteiger partial charge in [-0.2, -0.15) is 0 Å². The molecule has 0 saturated carbocycles. The third kappa shape index (κ3) is 2.63. The Bertz CT molecular complexity index is 506. The highest BCUT2D eigenvalue weighted by molar-refractivity contribution is 6.31. The van der Waals surface area contributed by atoms with Gasteiger partial charge in [0.05, 0.1) is 6.61 Å². The fraction of sp³-hybridized carbons (Fsp3) is 0.385. The topological polar surface area (TPSA) is 42.6 Å². The number of rotatable bonds is 4. The summed E-state index contributed by atoms with van der Waals surface area (Å²) in [7, 11) is 1.61. The van der Waals surface area contributed by atoms with Gasteiger partial charge < -0.3 is 14.3 Å². The number of hydrogen-bond donors (Lipinski definition) is 1. The number of methoxy groups -OCH3 is 1. The minimum atomic E-state index is -0.666. The number of aliphatic hydroxyl groups is 1. The van der Waals surface area contributed by atoms with E-state index in [1.807, 2.05) is 19.1 Å². The fourth-order valence-electron chi connectivity index (χ4n) is 1.81. The summed E-state index contributed by atoms with van der Waals surface area (Å²) in [5.41, 5.74) is 0.730. The molecular weight excluding hydrogens is 240 g/mol. The van der Waals surface area contributed by atoms with Gasteiger partial charge in [0.15, 0.2) is 0 Å². The molecule has 92 valence electrons. The molecule has 3 nitrogen and oxygen atoms in total. The summed E-state index contributed by atoms with van der Waals surface area (Å²) < 4.78 is 10.6. The summed E-state index contributed by atoms with van der Waals surface area (Å²) in [6, 6.07) is 7.20. The Kier molecular flexibility index (Phi) is 3.72. The van der Waals surface area contributed by atoms with Gasteiger partial charge in [-0.1, -0.05) is 18.5 Å². The molecule has 1 heterocycles. The summed E-state index contributed by atoms with van der Waals surface area (Å²) in [5, 5.41) is 11.6. The van der Waals surface area contributed by atoms with Crippen molar-refractivity contribution in [1.29, 1.82) is 0 Å². The monoisotopic (exact) mass is 254 g/mol. The van der Waals surface area contributed by atoms with Gasteiger partial charge in [0, 0.05) is 23.4 Å². The minimum Gasteiger partial charge on any atom is -0.458 e. The number of benzene rings is 1. The standard InChI is InChI=1S/C13H15ClO3/c1-8(7-16-2)13(15)12-6-9-5-10(14)3-4-11(9)17-12/h3-6,8,13,15H,7H2,1-2H3. The summed E-state index contributed by atoms with van der Waals surface area (Å²) in [6.07, 6.45) is -0.666. The molecule has 2 unspecified atom stereocenters. The van der Waals surface area contributed by atoms with Crippen LogP contribution in [0.5, 0.6) is 0 Å². The number of furan rings is 1. The van der Waals surface area contributed by atoms with Crippen molar-refractivity contribution in [3.05, 3.63) is 35.0 Å². The van der Waals surface area contributed by atoms with Gasteiger partial charge in [0.2, 0.25) is 0 Å². The van der Waals surface area contributed by atoms with E-state index in [2.05, 4.69) is 0 Å². The van der Waals surface area contributed by atoms with Crippen molar-refractivity contribution < 1.29 is 14.3 Å². The largest absolute Gasteiger partial charge is 0.458 e. The Morgan fingerprint density at radius 1 is 1.41 bits per heavy atom. The van der Waals surface area contributed by atoms with Crippen LogP contribution in [0.2, 0.25) is 5.02 Å². The first-order valence-corrected chi connectivity index (χ1v) is 5.85. The lowest BCUT2D eigenvalue weighted by Gasteiger charge is -2.15. The molecule has 0 aliphatic carbocycles. The maximum Gasteiger partial charge on any atom is 0.134 e. The van der Waals surface area contributed by atoms with Crippen LogP contribution in [0.1, 0.15) is 18.8 Å². The lowest BCUT2D eigenvalue weighted by atomic mass is 10.0. The van der Waals surface area contributed by atoms with E-state index in [4.69, 9.17) is 20.8 Å². The first kappa shape index (κ1) is 12.4. The number of fused-ring (bicyclic) bond motifs is 1. The number of ether oxygens (including phenoxy) is 1. The zero-order chi connectivity index (χ0) is 12.4. The summed E-state index contributed by atoms with van der Waals surface area (Å²) in [6.45, 7) is 2.40. The molecule has 2 rings (SSSR count). The van der Waals surface area contributed by atoms with E-state index in [9.17, 15) is 5.11 Å². The van der Waals surface area contributed by atoms with Crippen LogP contribution in [0.4, 0.5) is 0 Å². The molecule has 0 fully saturated rings. The number of aliphatic hydroxyl groups excluding tert-OH is 1. The summed E-state index contributed by atoms with van der Waals surface area (Å²) >= 11 is 5.90. The van der Waals surface area contributed by atoms with Gasteiger partial charge in [-0.3, -0.25) is 0 Å². The molecule has 1 N–H and O–H groups in total. The summed E-state index contributed by atoms with van der Waals surface area (Å²) in [5.74, 6) is 0.530. The smallest absolute Gasteiger partial charge is 0.134 e. The van der Waals surface area contributed by atoms with Crippen molar-refractivity contribution in [1.82, 2.24) is 0 Å². The molecule has 0 amide bonds. The second-order valence-corrected chi connectivity index (χ2v) is 4.64. The normalized spacial score (nSPS) is 15.1. The van der Waals surface area contributed by atoms with Crippen molar-refractivity contribution in [3.8, 4) is 0 Å². The SMILES string of the molecule is COCC(C)C(O)c1cc2cc(Cl)ccc2o1. The second-order valence-electron chi connectivity index (χ2n) is 4.21. The Morgan fingerprint density at radius 2 is 2.18 bits per heavy atom. The quantitative estimate of drug-likeness (QED) is 0.909. The van der Waals surface area contributed by atoms with Crippen LogP contribution in [-0.4, -0.2) is 18.8 Å². The van der Waals surface area contributed by atoms with Gasteiger partial charge in [0.1, 0.15) is 17.4 Å². The van der Waals surface area contributed by atoms with Crippen LogP contribution in [0, 0.1) is 5.92 Å². The molecular formula is C13H15ClO3. The predicted molar refractivity (Wildman–Crippen MR) is 67.2 cm³/mol. The highest BCUT2D eigenvalue weighted by Crippen LogP contribution is 2.29. The van der Waals surface area contributed by atoms with Crippen molar-refractivity contribution in [2.45, 2.75) is 13.0 Å². The average Bonchev–Trinajstić information content (AvgIpc) is 2.71. The van der Waals surface area contributed by atoms with E-state index in [1.165, 1.54) is 0 Å². The lowest BCUT2D eigenvalue weighted by Crippen LogP contribution is -2.13. The zero-order valence-corrected chi connectivity index (χ0v) is 10.6. The molecule has 4 heteroatoms. The van der Waals surface area contributed by atoms with E-state index >= 15 is 0 Å². The molecule has 1 aromatic heterocycles. The lowest BCUT2D eigenvalue weighted by molar-refractivity contribution is 0.0440. The van der Waals surface area contributed by atoms with E-state index in [0.717, 1.165) is 11.0 Å². The van der Waals surface area contributed by atoms with Crippen molar-refractivity contribution in [2.75, 3.05) is 13.7 Å². The zero-order valence-electron chi connectivity index (χ0n) is 9.81. The Morgan fingerprint density at radius 3 is 2.88 bits per heavy atom. The Labute approximate surface area is 105 Å². The average molecular weight is 255 g/mol. The molecule has 0 saturated heterocycles. The van der Waals surface area contributed by atoms with Crippen LogP contribution in [0.3, 0.4) is 0 Å². The van der Waals surface area contributed by atoms with E-state index in [1.54, 1.807) is 19.2 Å². The van der Waals surface area contributed by atoms with E-state index in [0.29, 0.717) is 17.4 Å². The van der Waals surface area contributed by atoms with Gasteiger partial charge in [0.25, 0.3) is 0 Å². The van der Waals surface area contributed by atoms with Crippen LogP contribution in [-0.2, 0) is 4.74 Å². The highest BCUT2D eigenvalue weighted by atomic mass is 35.5. The Hall–Kier alpha value is -1.03. The van der Waals surface area contributed by atoms with E-state index in [-0.39, 0.29) is 5.92 Å². The maximum absolute atomic E-state index is 10.1. The minimum absolute atomic E-state index is 0.0176.